The van der Waals surface area contributed by atoms with Crippen molar-refractivity contribution in [1.82, 2.24) is 0 Å². The Hall–Kier alpha value is -1.97. The third kappa shape index (κ3) is 4.85. The second-order valence-corrected chi connectivity index (χ2v) is 7.41. The second-order valence-electron chi connectivity index (χ2n) is 7.41. The molecular formula is C23H27F3O. The number of benzene rings is 2. The first-order valence-corrected chi connectivity index (χ1v) is 9.90. The fraction of sp³-hybridized carbons (Fsp3) is 0.478. The lowest BCUT2D eigenvalue weighted by Crippen LogP contribution is -2.12. The van der Waals surface area contributed by atoms with Gasteiger partial charge in [-0.25, -0.2) is 8.78 Å². The van der Waals surface area contributed by atoms with Crippen molar-refractivity contribution >= 4 is 0 Å². The molecule has 1 nitrogen and oxygen atoms in total. The summed E-state index contributed by atoms with van der Waals surface area (Å²) in [6.07, 6.45) is 6.36. The Morgan fingerprint density at radius 3 is 2.11 bits per heavy atom. The van der Waals surface area contributed by atoms with Crippen molar-refractivity contribution in [2.75, 3.05) is 13.3 Å². The SMILES string of the molecule is CCC1CCC(c2ccc(-c3cc(F)c(OCCCF)c(F)c3)cc2)CC1. The highest BCUT2D eigenvalue weighted by Crippen LogP contribution is 2.37. The molecule has 0 atom stereocenters. The lowest BCUT2D eigenvalue weighted by molar-refractivity contribution is 0.265. The van der Waals surface area contributed by atoms with Crippen LogP contribution in [0.5, 0.6) is 5.75 Å². The van der Waals surface area contributed by atoms with Gasteiger partial charge >= 0.3 is 0 Å². The van der Waals surface area contributed by atoms with Gasteiger partial charge in [-0.2, -0.15) is 0 Å². The van der Waals surface area contributed by atoms with E-state index in [0.29, 0.717) is 11.5 Å². The van der Waals surface area contributed by atoms with Crippen LogP contribution in [-0.2, 0) is 0 Å². The zero-order valence-corrected chi connectivity index (χ0v) is 15.8. The van der Waals surface area contributed by atoms with Crippen LogP contribution >= 0.6 is 0 Å². The highest BCUT2D eigenvalue weighted by molar-refractivity contribution is 5.65. The Kier molecular flexibility index (Phi) is 6.81. The molecule has 1 aliphatic rings. The van der Waals surface area contributed by atoms with Gasteiger partial charge in [0.2, 0.25) is 0 Å². The summed E-state index contributed by atoms with van der Waals surface area (Å²) in [5.74, 6) is -0.508. The molecule has 0 N–H and O–H groups in total. The summed E-state index contributed by atoms with van der Waals surface area (Å²) in [6.45, 7) is 1.64. The third-order valence-electron chi connectivity index (χ3n) is 5.66. The van der Waals surface area contributed by atoms with E-state index in [2.05, 4.69) is 19.1 Å². The van der Waals surface area contributed by atoms with Crippen molar-refractivity contribution in [3.63, 3.8) is 0 Å². The lowest BCUT2D eigenvalue weighted by Gasteiger charge is -2.28. The number of ether oxygens (including phenoxy) is 1. The minimum Gasteiger partial charge on any atom is -0.488 e. The van der Waals surface area contributed by atoms with E-state index in [4.69, 9.17) is 4.74 Å². The molecule has 1 saturated carbocycles. The summed E-state index contributed by atoms with van der Waals surface area (Å²) in [4.78, 5) is 0. The highest BCUT2D eigenvalue weighted by Gasteiger charge is 2.21. The van der Waals surface area contributed by atoms with Crippen molar-refractivity contribution in [2.45, 2.75) is 51.4 Å². The molecule has 0 spiro atoms. The van der Waals surface area contributed by atoms with Gasteiger partial charge in [-0.05, 0) is 66.3 Å². The van der Waals surface area contributed by atoms with Crippen molar-refractivity contribution in [3.8, 4) is 16.9 Å². The minimum atomic E-state index is -0.758. The van der Waals surface area contributed by atoms with Gasteiger partial charge < -0.3 is 4.74 Å². The summed E-state index contributed by atoms with van der Waals surface area (Å²) in [6, 6.07) is 10.6. The average Bonchev–Trinajstić information content (AvgIpc) is 2.70. The molecule has 1 aliphatic carbocycles. The molecular weight excluding hydrogens is 349 g/mol. The molecule has 0 bridgehead atoms. The number of hydrogen-bond acceptors (Lipinski definition) is 1. The first kappa shape index (κ1) is 19.8. The molecule has 0 radical (unpaired) electrons. The van der Waals surface area contributed by atoms with Crippen molar-refractivity contribution in [2.24, 2.45) is 5.92 Å². The summed E-state index contributed by atoms with van der Waals surface area (Å²) in [5.41, 5.74) is 2.55. The zero-order chi connectivity index (χ0) is 19.2. The van der Waals surface area contributed by atoms with Crippen molar-refractivity contribution in [3.05, 3.63) is 53.6 Å². The average molecular weight is 376 g/mol. The predicted molar refractivity (Wildman–Crippen MR) is 103 cm³/mol. The smallest absolute Gasteiger partial charge is 0.190 e. The monoisotopic (exact) mass is 376 g/mol. The highest BCUT2D eigenvalue weighted by atomic mass is 19.1. The van der Waals surface area contributed by atoms with E-state index in [0.717, 1.165) is 11.5 Å². The van der Waals surface area contributed by atoms with Gasteiger partial charge in [-0.3, -0.25) is 4.39 Å². The van der Waals surface area contributed by atoms with Gasteiger partial charge in [0, 0.05) is 6.42 Å². The van der Waals surface area contributed by atoms with Crippen molar-refractivity contribution < 1.29 is 17.9 Å². The second kappa shape index (κ2) is 9.29. The Morgan fingerprint density at radius 1 is 0.926 bits per heavy atom. The molecule has 0 amide bonds. The summed E-state index contributed by atoms with van der Waals surface area (Å²) >= 11 is 0. The Labute approximate surface area is 159 Å². The molecule has 0 unspecified atom stereocenters. The van der Waals surface area contributed by atoms with E-state index in [9.17, 15) is 13.2 Å². The van der Waals surface area contributed by atoms with Gasteiger partial charge in [-0.1, -0.05) is 37.6 Å². The van der Waals surface area contributed by atoms with Crippen LogP contribution in [0.3, 0.4) is 0 Å². The summed E-state index contributed by atoms with van der Waals surface area (Å²) in [5, 5.41) is 0. The molecule has 3 rings (SSSR count). The normalized spacial score (nSPS) is 19.9. The summed E-state index contributed by atoms with van der Waals surface area (Å²) < 4.78 is 45.6. The zero-order valence-electron chi connectivity index (χ0n) is 15.8. The number of halogens is 3. The molecule has 2 aromatic rings. The maximum Gasteiger partial charge on any atom is 0.190 e. The standard InChI is InChI=1S/C23H27F3O/c1-2-16-4-6-17(7-5-16)18-8-10-19(11-9-18)20-14-21(25)23(22(26)15-20)27-13-3-12-24/h8-11,14-17H,2-7,12-13H2,1H3. The molecule has 2 aromatic carbocycles. The van der Waals surface area contributed by atoms with Gasteiger partial charge in [0.15, 0.2) is 17.4 Å². The van der Waals surface area contributed by atoms with E-state index in [1.807, 2.05) is 12.1 Å². The maximum atomic E-state index is 14.2. The molecule has 1 fully saturated rings. The molecule has 4 heteroatoms. The van der Waals surface area contributed by atoms with Gasteiger partial charge in [-0.15, -0.1) is 0 Å². The van der Waals surface area contributed by atoms with Crippen LogP contribution in [0.2, 0.25) is 0 Å². The van der Waals surface area contributed by atoms with Gasteiger partial charge in [0.25, 0.3) is 0 Å². The van der Waals surface area contributed by atoms with E-state index in [1.54, 1.807) is 0 Å². The maximum absolute atomic E-state index is 14.2. The first-order chi connectivity index (χ1) is 13.1. The molecule has 0 saturated heterocycles. The van der Waals surface area contributed by atoms with Crippen LogP contribution in [0.4, 0.5) is 13.2 Å². The number of alkyl halides is 1. The lowest BCUT2D eigenvalue weighted by atomic mass is 9.77. The molecule has 146 valence electrons. The minimum absolute atomic E-state index is 0.0430. The van der Waals surface area contributed by atoms with Gasteiger partial charge in [0.05, 0.1) is 13.3 Å². The molecule has 27 heavy (non-hydrogen) atoms. The Morgan fingerprint density at radius 2 is 1.56 bits per heavy atom. The third-order valence-corrected chi connectivity index (χ3v) is 5.66. The van der Waals surface area contributed by atoms with Crippen LogP contribution in [-0.4, -0.2) is 13.3 Å². The van der Waals surface area contributed by atoms with E-state index in [-0.39, 0.29) is 13.0 Å². The van der Waals surface area contributed by atoms with E-state index >= 15 is 0 Å². The van der Waals surface area contributed by atoms with Crippen LogP contribution in [0.25, 0.3) is 11.1 Å². The van der Waals surface area contributed by atoms with Crippen LogP contribution in [0.1, 0.15) is 56.9 Å². The van der Waals surface area contributed by atoms with Gasteiger partial charge in [0.1, 0.15) is 0 Å². The predicted octanol–water partition coefficient (Wildman–Crippen LogP) is 7.05. The number of rotatable bonds is 7. The molecule has 0 aromatic heterocycles. The number of hydrogen-bond donors (Lipinski definition) is 0. The van der Waals surface area contributed by atoms with Crippen LogP contribution < -0.4 is 4.74 Å². The van der Waals surface area contributed by atoms with Crippen LogP contribution in [0.15, 0.2) is 36.4 Å². The molecule has 0 aliphatic heterocycles. The summed E-state index contributed by atoms with van der Waals surface area (Å²) in [7, 11) is 0. The van der Waals surface area contributed by atoms with E-state index < -0.39 is 24.1 Å². The fourth-order valence-electron chi connectivity index (χ4n) is 3.94. The van der Waals surface area contributed by atoms with E-state index in [1.165, 1.54) is 49.8 Å². The van der Waals surface area contributed by atoms with Crippen LogP contribution in [0, 0.1) is 17.6 Å². The first-order valence-electron chi connectivity index (χ1n) is 9.90. The van der Waals surface area contributed by atoms with Crippen molar-refractivity contribution in [1.29, 1.82) is 0 Å². The Balaban J connectivity index is 1.71. The topological polar surface area (TPSA) is 9.23 Å². The molecule has 0 heterocycles. The largest absolute Gasteiger partial charge is 0.488 e. The quantitative estimate of drug-likeness (QED) is 0.470. The fourth-order valence-corrected chi connectivity index (χ4v) is 3.94. The Bertz CT molecular complexity index is 711.